The zero-order valence-electron chi connectivity index (χ0n) is 21.7. The molecule has 0 aliphatic carbocycles. The van der Waals surface area contributed by atoms with E-state index in [9.17, 15) is 4.79 Å². The maximum absolute atomic E-state index is 12.7. The molecule has 0 saturated carbocycles. The van der Waals surface area contributed by atoms with Gasteiger partial charge in [0, 0.05) is 31.7 Å². The van der Waals surface area contributed by atoms with E-state index in [1.54, 1.807) is 18.2 Å². The van der Waals surface area contributed by atoms with Crippen molar-refractivity contribution in [2.75, 3.05) is 33.4 Å². The lowest BCUT2D eigenvalue weighted by atomic mass is 9.87. The SMILES string of the molecule is CCOC[C@]1(C=Cc2nc3ncncc3n2Cc2ccc(OC)cc2)CCN(C(=O)OC(C)(C)C)C1. The molecule has 4 rings (SSSR count). The van der Waals surface area contributed by atoms with Crippen molar-refractivity contribution in [1.29, 1.82) is 0 Å². The molecule has 2 aromatic heterocycles. The van der Waals surface area contributed by atoms with Crippen LogP contribution in [-0.4, -0.2) is 69.5 Å². The molecule has 0 unspecified atom stereocenters. The molecule has 192 valence electrons. The van der Waals surface area contributed by atoms with Crippen LogP contribution in [0.5, 0.6) is 5.75 Å². The molecule has 3 aromatic rings. The minimum atomic E-state index is -0.536. The lowest BCUT2D eigenvalue weighted by Crippen LogP contribution is -2.37. The summed E-state index contributed by atoms with van der Waals surface area (Å²) in [6.07, 6.45) is 7.92. The van der Waals surface area contributed by atoms with Gasteiger partial charge in [-0.05, 0) is 57.9 Å². The van der Waals surface area contributed by atoms with Crippen molar-refractivity contribution in [1.82, 2.24) is 24.4 Å². The second kappa shape index (κ2) is 10.7. The second-order valence-corrected chi connectivity index (χ2v) is 10.1. The summed E-state index contributed by atoms with van der Waals surface area (Å²) in [5.41, 5.74) is 1.73. The molecule has 0 spiro atoms. The van der Waals surface area contributed by atoms with E-state index < -0.39 is 5.60 Å². The molecular formula is C27H35N5O4. The lowest BCUT2D eigenvalue weighted by Gasteiger charge is -2.27. The number of rotatable bonds is 8. The average molecular weight is 494 g/mol. The molecule has 3 heterocycles. The van der Waals surface area contributed by atoms with Crippen molar-refractivity contribution in [2.45, 2.75) is 46.3 Å². The van der Waals surface area contributed by atoms with Gasteiger partial charge in [0.15, 0.2) is 5.65 Å². The fourth-order valence-electron chi connectivity index (χ4n) is 4.33. The smallest absolute Gasteiger partial charge is 0.410 e. The molecule has 1 aliphatic rings. The van der Waals surface area contributed by atoms with Crippen LogP contribution in [0.1, 0.15) is 45.5 Å². The zero-order chi connectivity index (χ0) is 25.8. The molecule has 1 aliphatic heterocycles. The number of fused-ring (bicyclic) bond motifs is 1. The number of carbonyl (C=O) groups excluding carboxylic acids is 1. The van der Waals surface area contributed by atoms with Crippen molar-refractivity contribution in [2.24, 2.45) is 5.41 Å². The molecule has 1 amide bonds. The van der Waals surface area contributed by atoms with Gasteiger partial charge in [0.2, 0.25) is 0 Å². The lowest BCUT2D eigenvalue weighted by molar-refractivity contribution is 0.0250. The third-order valence-corrected chi connectivity index (χ3v) is 6.18. The molecule has 1 atom stereocenters. The Labute approximate surface area is 212 Å². The predicted molar refractivity (Wildman–Crippen MR) is 138 cm³/mol. The summed E-state index contributed by atoms with van der Waals surface area (Å²) in [7, 11) is 1.66. The maximum atomic E-state index is 12.7. The quantitative estimate of drug-likeness (QED) is 0.454. The van der Waals surface area contributed by atoms with Crippen LogP contribution >= 0.6 is 0 Å². The molecule has 0 N–H and O–H groups in total. The molecule has 0 bridgehead atoms. The van der Waals surface area contributed by atoms with Gasteiger partial charge in [0.1, 0.15) is 29.0 Å². The first-order chi connectivity index (χ1) is 17.2. The van der Waals surface area contributed by atoms with Crippen LogP contribution in [0.4, 0.5) is 4.79 Å². The Balaban J connectivity index is 1.62. The highest BCUT2D eigenvalue weighted by Gasteiger charge is 2.40. The highest BCUT2D eigenvalue weighted by atomic mass is 16.6. The first-order valence-corrected chi connectivity index (χ1v) is 12.3. The van der Waals surface area contributed by atoms with Crippen LogP contribution in [0.2, 0.25) is 0 Å². The summed E-state index contributed by atoms with van der Waals surface area (Å²) in [5, 5.41) is 0. The third-order valence-electron chi connectivity index (χ3n) is 6.18. The highest BCUT2D eigenvalue weighted by molar-refractivity contribution is 5.73. The first-order valence-electron chi connectivity index (χ1n) is 12.3. The number of carbonyl (C=O) groups is 1. The van der Waals surface area contributed by atoms with Crippen molar-refractivity contribution in [3.63, 3.8) is 0 Å². The molecular weight excluding hydrogens is 458 g/mol. The Bertz CT molecular complexity index is 1220. The van der Waals surface area contributed by atoms with Gasteiger partial charge in [-0.15, -0.1) is 0 Å². The number of hydrogen-bond donors (Lipinski definition) is 0. The molecule has 9 heteroatoms. The number of hydrogen-bond acceptors (Lipinski definition) is 7. The van der Waals surface area contributed by atoms with Crippen LogP contribution in [0.15, 0.2) is 42.9 Å². The predicted octanol–water partition coefficient (Wildman–Crippen LogP) is 4.56. The summed E-state index contributed by atoms with van der Waals surface area (Å²) in [6, 6.07) is 7.96. The van der Waals surface area contributed by atoms with E-state index in [0.717, 1.165) is 29.1 Å². The fourth-order valence-corrected chi connectivity index (χ4v) is 4.33. The van der Waals surface area contributed by atoms with Crippen LogP contribution in [0, 0.1) is 5.41 Å². The van der Waals surface area contributed by atoms with Crippen molar-refractivity contribution < 1.29 is 19.0 Å². The zero-order valence-corrected chi connectivity index (χ0v) is 21.7. The molecule has 36 heavy (non-hydrogen) atoms. The molecule has 1 aromatic carbocycles. The Kier molecular flexibility index (Phi) is 7.59. The van der Waals surface area contributed by atoms with Gasteiger partial charge >= 0.3 is 6.09 Å². The number of imidazole rings is 1. The standard InChI is InChI=1S/C27H35N5O4/c1-6-35-18-27(13-14-31(17-27)25(33)36-26(2,3)4)12-11-23-30-24-22(15-28-19-29-24)32(23)16-20-7-9-21(34-5)10-8-20/h7-12,15,19H,6,13-14,16-18H2,1-5H3/t27-/m1/s1. The number of benzene rings is 1. The monoisotopic (exact) mass is 493 g/mol. The van der Waals surface area contributed by atoms with E-state index in [1.807, 2.05) is 58.0 Å². The molecule has 1 fully saturated rings. The molecule has 1 saturated heterocycles. The number of ether oxygens (including phenoxy) is 3. The Hall–Kier alpha value is -3.46. The van der Waals surface area contributed by atoms with E-state index in [0.29, 0.717) is 38.5 Å². The largest absolute Gasteiger partial charge is 0.497 e. The topological polar surface area (TPSA) is 91.6 Å². The summed E-state index contributed by atoms with van der Waals surface area (Å²) >= 11 is 0. The second-order valence-electron chi connectivity index (χ2n) is 10.1. The Morgan fingerprint density at radius 1 is 1.22 bits per heavy atom. The number of methoxy groups -OCH3 is 1. The van der Waals surface area contributed by atoms with Crippen molar-refractivity contribution in [3.05, 3.63) is 54.3 Å². The van der Waals surface area contributed by atoms with E-state index >= 15 is 0 Å². The molecule has 9 nitrogen and oxygen atoms in total. The van der Waals surface area contributed by atoms with E-state index in [1.165, 1.54) is 6.33 Å². The third kappa shape index (κ3) is 6.02. The van der Waals surface area contributed by atoms with Crippen LogP contribution in [0.3, 0.4) is 0 Å². The number of nitrogens with zero attached hydrogens (tertiary/aromatic N) is 5. The van der Waals surface area contributed by atoms with Crippen LogP contribution in [0.25, 0.3) is 17.2 Å². The van der Waals surface area contributed by atoms with Gasteiger partial charge in [-0.1, -0.05) is 18.2 Å². The summed E-state index contributed by atoms with van der Waals surface area (Å²) in [4.78, 5) is 27.8. The minimum Gasteiger partial charge on any atom is -0.497 e. The van der Waals surface area contributed by atoms with Gasteiger partial charge in [-0.2, -0.15) is 0 Å². The number of aromatic nitrogens is 4. The first kappa shape index (κ1) is 25.6. The maximum Gasteiger partial charge on any atom is 0.410 e. The van der Waals surface area contributed by atoms with Gasteiger partial charge in [0.05, 0.1) is 19.9 Å². The van der Waals surface area contributed by atoms with E-state index in [4.69, 9.17) is 19.2 Å². The average Bonchev–Trinajstić information content (AvgIpc) is 3.43. The van der Waals surface area contributed by atoms with Gasteiger partial charge in [-0.25, -0.2) is 19.7 Å². The van der Waals surface area contributed by atoms with Gasteiger partial charge < -0.3 is 23.7 Å². The van der Waals surface area contributed by atoms with Gasteiger partial charge in [-0.3, -0.25) is 0 Å². The summed E-state index contributed by atoms with van der Waals surface area (Å²) in [5.74, 6) is 1.58. The molecule has 0 radical (unpaired) electrons. The minimum absolute atomic E-state index is 0.295. The Morgan fingerprint density at radius 3 is 2.69 bits per heavy atom. The van der Waals surface area contributed by atoms with Crippen molar-refractivity contribution in [3.8, 4) is 5.75 Å². The van der Waals surface area contributed by atoms with Crippen LogP contribution < -0.4 is 4.74 Å². The Morgan fingerprint density at radius 2 is 2.00 bits per heavy atom. The number of likely N-dealkylation sites (tertiary alicyclic amines) is 1. The van der Waals surface area contributed by atoms with Crippen LogP contribution in [-0.2, 0) is 16.0 Å². The van der Waals surface area contributed by atoms with Crippen molar-refractivity contribution >= 4 is 23.3 Å². The number of amides is 1. The fraction of sp³-hybridized carbons (Fsp3) is 0.481. The normalized spacial score (nSPS) is 18.3. The highest BCUT2D eigenvalue weighted by Crippen LogP contribution is 2.34. The van der Waals surface area contributed by atoms with Gasteiger partial charge in [0.25, 0.3) is 0 Å². The summed E-state index contributed by atoms with van der Waals surface area (Å²) in [6.45, 7) is 10.5. The van der Waals surface area contributed by atoms with E-state index in [-0.39, 0.29) is 11.5 Å². The summed E-state index contributed by atoms with van der Waals surface area (Å²) < 4.78 is 18.8. The van der Waals surface area contributed by atoms with E-state index in [2.05, 4.69) is 20.6 Å².